The first kappa shape index (κ1) is 16.3. The van der Waals surface area contributed by atoms with Gasteiger partial charge in [0.25, 0.3) is 5.91 Å². The maximum Gasteiger partial charge on any atom is 0.274 e. The van der Waals surface area contributed by atoms with Crippen LogP contribution in [0.25, 0.3) is 0 Å². The lowest BCUT2D eigenvalue weighted by Crippen LogP contribution is -2.27. The largest absolute Gasteiger partial charge is 0.274 e. The lowest BCUT2D eigenvalue weighted by atomic mass is 9.98. The molecule has 3 nitrogen and oxygen atoms in total. The molecule has 0 aliphatic carbocycles. The van der Waals surface area contributed by atoms with E-state index in [9.17, 15) is 4.79 Å². The highest BCUT2D eigenvalue weighted by atomic mass is 16.2. The summed E-state index contributed by atoms with van der Waals surface area (Å²) in [6.07, 6.45) is 0.714. The molecule has 1 heterocycles. The van der Waals surface area contributed by atoms with Crippen LogP contribution in [0.15, 0.2) is 90.0 Å². The number of hydrogen-bond donors (Lipinski definition) is 0. The van der Waals surface area contributed by atoms with E-state index in [-0.39, 0.29) is 11.9 Å². The van der Waals surface area contributed by atoms with Gasteiger partial charge in [0.05, 0.1) is 11.8 Å². The maximum atomic E-state index is 13.1. The molecule has 3 heteroatoms. The highest BCUT2D eigenvalue weighted by molar-refractivity contribution is 6.05. The number of amides is 1. The van der Waals surface area contributed by atoms with Crippen LogP contribution in [0, 0.1) is 6.92 Å². The van der Waals surface area contributed by atoms with Gasteiger partial charge >= 0.3 is 0 Å². The molecule has 0 unspecified atom stereocenters. The van der Waals surface area contributed by atoms with Crippen LogP contribution in [0.2, 0.25) is 0 Å². The van der Waals surface area contributed by atoms with Gasteiger partial charge in [-0.2, -0.15) is 5.10 Å². The van der Waals surface area contributed by atoms with Gasteiger partial charge in [0.1, 0.15) is 0 Å². The summed E-state index contributed by atoms with van der Waals surface area (Å²) >= 11 is 0. The molecule has 3 aromatic rings. The number of nitrogens with zero attached hydrogens (tertiary/aromatic N) is 2. The fraction of sp³-hybridized carbons (Fsp3) is 0.130. The summed E-state index contributed by atoms with van der Waals surface area (Å²) in [5.41, 5.74) is 4.90. The van der Waals surface area contributed by atoms with Crippen molar-refractivity contribution in [3.63, 3.8) is 0 Å². The van der Waals surface area contributed by atoms with E-state index < -0.39 is 0 Å². The summed E-state index contributed by atoms with van der Waals surface area (Å²) in [5, 5.41) is 6.36. The molecule has 128 valence electrons. The van der Waals surface area contributed by atoms with Crippen LogP contribution in [0.1, 0.15) is 39.5 Å². The molecular formula is C23H20N2O. The maximum absolute atomic E-state index is 13.1. The number of carbonyl (C=O) groups is 1. The van der Waals surface area contributed by atoms with Crippen molar-refractivity contribution in [3.8, 4) is 0 Å². The van der Waals surface area contributed by atoms with Crippen molar-refractivity contribution in [3.05, 3.63) is 107 Å². The molecule has 1 aliphatic rings. The number of rotatable bonds is 3. The van der Waals surface area contributed by atoms with Gasteiger partial charge in [-0.15, -0.1) is 0 Å². The topological polar surface area (TPSA) is 32.7 Å². The van der Waals surface area contributed by atoms with Crippen molar-refractivity contribution in [1.29, 1.82) is 0 Å². The molecule has 3 aromatic carbocycles. The van der Waals surface area contributed by atoms with Crippen LogP contribution in [0.4, 0.5) is 0 Å². The van der Waals surface area contributed by atoms with E-state index in [2.05, 4.69) is 12.1 Å². The van der Waals surface area contributed by atoms with Gasteiger partial charge in [-0.1, -0.05) is 78.4 Å². The second kappa shape index (κ2) is 6.96. The third-order valence-corrected chi connectivity index (χ3v) is 4.71. The van der Waals surface area contributed by atoms with E-state index in [1.54, 1.807) is 5.01 Å². The number of carbonyl (C=O) groups excluding carboxylic acids is 1. The second-order valence-corrected chi connectivity index (χ2v) is 6.56. The molecule has 0 fully saturated rings. The van der Waals surface area contributed by atoms with E-state index in [0.29, 0.717) is 12.0 Å². The number of hydrogen-bond acceptors (Lipinski definition) is 2. The Morgan fingerprint density at radius 1 is 0.885 bits per heavy atom. The summed E-state index contributed by atoms with van der Waals surface area (Å²) in [7, 11) is 0. The van der Waals surface area contributed by atoms with Crippen molar-refractivity contribution in [2.75, 3.05) is 0 Å². The molecular weight excluding hydrogens is 320 g/mol. The Morgan fingerprint density at radius 3 is 2.15 bits per heavy atom. The Hall–Kier alpha value is -3.20. The average Bonchev–Trinajstić information content (AvgIpc) is 3.15. The lowest BCUT2D eigenvalue weighted by Gasteiger charge is -2.22. The minimum atomic E-state index is -0.0831. The molecule has 1 amide bonds. The predicted molar refractivity (Wildman–Crippen MR) is 104 cm³/mol. The third-order valence-electron chi connectivity index (χ3n) is 4.71. The normalized spacial score (nSPS) is 16.4. The molecule has 0 saturated heterocycles. The zero-order valence-electron chi connectivity index (χ0n) is 14.7. The Labute approximate surface area is 153 Å². The van der Waals surface area contributed by atoms with Crippen molar-refractivity contribution >= 4 is 11.6 Å². The van der Waals surface area contributed by atoms with E-state index in [1.165, 1.54) is 0 Å². The van der Waals surface area contributed by atoms with Gasteiger partial charge in [-0.3, -0.25) is 4.79 Å². The molecule has 26 heavy (non-hydrogen) atoms. The minimum Gasteiger partial charge on any atom is -0.267 e. The Morgan fingerprint density at radius 2 is 1.50 bits per heavy atom. The third kappa shape index (κ3) is 3.16. The Balaban J connectivity index is 1.72. The monoisotopic (exact) mass is 340 g/mol. The summed E-state index contributed by atoms with van der Waals surface area (Å²) in [4.78, 5) is 13.1. The van der Waals surface area contributed by atoms with Gasteiger partial charge in [-0.05, 0) is 30.2 Å². The fourth-order valence-corrected chi connectivity index (χ4v) is 3.27. The highest BCUT2D eigenvalue weighted by Gasteiger charge is 2.33. The molecule has 0 N–H and O–H groups in total. The fourth-order valence-electron chi connectivity index (χ4n) is 3.27. The highest BCUT2D eigenvalue weighted by Crippen LogP contribution is 2.33. The standard InChI is InChI=1S/C23H20N2O/c1-17-12-14-20(15-13-17)23(26)25-22(19-10-6-3-7-11-19)16-21(24-25)18-8-4-2-5-9-18/h2-15,22H,16H2,1H3/t22-/m1/s1. The van der Waals surface area contributed by atoms with Crippen molar-refractivity contribution < 1.29 is 4.79 Å². The first-order chi connectivity index (χ1) is 12.7. The second-order valence-electron chi connectivity index (χ2n) is 6.56. The van der Waals surface area contributed by atoms with E-state index in [0.717, 1.165) is 22.4 Å². The summed E-state index contributed by atoms with van der Waals surface area (Å²) in [6, 6.07) is 27.8. The Kier molecular flexibility index (Phi) is 4.36. The summed E-state index contributed by atoms with van der Waals surface area (Å²) < 4.78 is 0. The summed E-state index contributed by atoms with van der Waals surface area (Å²) in [6.45, 7) is 2.02. The molecule has 0 spiro atoms. The van der Waals surface area contributed by atoms with Crippen LogP contribution >= 0.6 is 0 Å². The molecule has 0 aromatic heterocycles. The molecule has 4 rings (SSSR count). The number of hydrazone groups is 1. The molecule has 1 aliphatic heterocycles. The van der Waals surface area contributed by atoms with Crippen LogP contribution in [-0.4, -0.2) is 16.6 Å². The SMILES string of the molecule is Cc1ccc(C(=O)N2N=C(c3ccccc3)C[C@@H]2c2ccccc2)cc1. The van der Waals surface area contributed by atoms with E-state index in [4.69, 9.17) is 5.10 Å². The molecule has 0 radical (unpaired) electrons. The molecule has 0 saturated carbocycles. The van der Waals surface area contributed by atoms with Crippen LogP contribution in [-0.2, 0) is 0 Å². The number of benzene rings is 3. The van der Waals surface area contributed by atoms with E-state index >= 15 is 0 Å². The Bertz CT molecular complexity index is 931. The zero-order valence-corrected chi connectivity index (χ0v) is 14.7. The van der Waals surface area contributed by atoms with Gasteiger partial charge in [-0.25, -0.2) is 5.01 Å². The van der Waals surface area contributed by atoms with E-state index in [1.807, 2.05) is 79.7 Å². The quantitative estimate of drug-likeness (QED) is 0.661. The lowest BCUT2D eigenvalue weighted by molar-refractivity contribution is 0.0711. The van der Waals surface area contributed by atoms with Crippen molar-refractivity contribution in [2.45, 2.75) is 19.4 Å². The van der Waals surface area contributed by atoms with Crippen LogP contribution in [0.3, 0.4) is 0 Å². The number of aryl methyl sites for hydroxylation is 1. The first-order valence-corrected chi connectivity index (χ1v) is 8.80. The molecule has 1 atom stereocenters. The smallest absolute Gasteiger partial charge is 0.267 e. The van der Waals surface area contributed by atoms with Crippen LogP contribution in [0.5, 0.6) is 0 Å². The van der Waals surface area contributed by atoms with Gasteiger partial charge in [0.15, 0.2) is 0 Å². The van der Waals surface area contributed by atoms with Crippen LogP contribution < -0.4 is 0 Å². The van der Waals surface area contributed by atoms with Crippen molar-refractivity contribution in [1.82, 2.24) is 5.01 Å². The zero-order chi connectivity index (χ0) is 17.9. The summed E-state index contributed by atoms with van der Waals surface area (Å²) in [5.74, 6) is -0.0650. The van der Waals surface area contributed by atoms with Gasteiger partial charge < -0.3 is 0 Å². The minimum absolute atomic E-state index is 0.0650. The van der Waals surface area contributed by atoms with Gasteiger partial charge in [0.2, 0.25) is 0 Å². The van der Waals surface area contributed by atoms with Gasteiger partial charge in [0, 0.05) is 12.0 Å². The predicted octanol–water partition coefficient (Wildman–Crippen LogP) is 4.99. The average molecular weight is 340 g/mol. The molecule has 0 bridgehead atoms. The first-order valence-electron chi connectivity index (χ1n) is 8.80. The van der Waals surface area contributed by atoms with Crippen molar-refractivity contribution in [2.24, 2.45) is 5.10 Å².